The summed E-state index contributed by atoms with van der Waals surface area (Å²) in [7, 11) is -3.01. The summed E-state index contributed by atoms with van der Waals surface area (Å²) < 4.78 is 30.2. The van der Waals surface area contributed by atoms with Crippen LogP contribution in [0.5, 0.6) is 5.75 Å². The molecule has 2 bridgehead atoms. The van der Waals surface area contributed by atoms with Crippen LogP contribution in [0.25, 0.3) is 0 Å². The highest BCUT2D eigenvalue weighted by Gasteiger charge is 2.46. The van der Waals surface area contributed by atoms with Gasteiger partial charge in [0.1, 0.15) is 5.75 Å². The van der Waals surface area contributed by atoms with Crippen molar-refractivity contribution in [2.24, 2.45) is 5.92 Å². The van der Waals surface area contributed by atoms with Crippen molar-refractivity contribution in [3.8, 4) is 5.75 Å². The molecule has 3 rings (SSSR count). The zero-order chi connectivity index (χ0) is 16.6. The van der Waals surface area contributed by atoms with E-state index in [0.29, 0.717) is 31.2 Å². The Morgan fingerprint density at radius 2 is 1.65 bits per heavy atom. The maximum absolute atomic E-state index is 12.7. The van der Waals surface area contributed by atoms with Crippen molar-refractivity contribution in [3.05, 3.63) is 29.8 Å². The Labute approximate surface area is 138 Å². The zero-order valence-electron chi connectivity index (χ0n) is 13.7. The second-order valence-electron chi connectivity index (χ2n) is 6.99. The molecule has 1 aromatic rings. The first-order valence-electron chi connectivity index (χ1n) is 8.41. The Balaban J connectivity index is 1.74. The number of ether oxygens (including phenoxy) is 1. The zero-order valence-corrected chi connectivity index (χ0v) is 14.5. The molecule has 2 aliphatic rings. The molecule has 0 aliphatic carbocycles. The van der Waals surface area contributed by atoms with Crippen LogP contribution in [0.15, 0.2) is 24.3 Å². The van der Waals surface area contributed by atoms with E-state index in [4.69, 9.17) is 4.74 Å². The van der Waals surface area contributed by atoms with Gasteiger partial charge in [0, 0.05) is 11.5 Å². The molecule has 1 aromatic carbocycles. The van der Waals surface area contributed by atoms with E-state index < -0.39 is 9.84 Å². The van der Waals surface area contributed by atoms with Crippen molar-refractivity contribution in [2.75, 3.05) is 0 Å². The third kappa shape index (κ3) is 3.30. The van der Waals surface area contributed by atoms with Crippen LogP contribution in [0, 0.1) is 5.92 Å². The highest BCUT2D eigenvalue weighted by molar-refractivity contribution is 7.92. The quantitative estimate of drug-likeness (QED) is 0.791. The smallest absolute Gasteiger partial charge is 0.166 e. The molecule has 2 fully saturated rings. The molecule has 2 atom stereocenters. The molecule has 0 aromatic heterocycles. The summed E-state index contributed by atoms with van der Waals surface area (Å²) in [6, 6.07) is 7.21. The highest BCUT2D eigenvalue weighted by atomic mass is 32.2. The van der Waals surface area contributed by atoms with Crippen molar-refractivity contribution in [2.45, 2.75) is 62.6 Å². The topological polar surface area (TPSA) is 60.4 Å². The molecule has 0 N–H and O–H groups in total. The Morgan fingerprint density at radius 1 is 1.09 bits per heavy atom. The number of hydrogen-bond donors (Lipinski definition) is 0. The van der Waals surface area contributed by atoms with Gasteiger partial charge in [-0.25, -0.2) is 8.42 Å². The summed E-state index contributed by atoms with van der Waals surface area (Å²) in [5.41, 5.74) is 0.656. The molecule has 0 saturated carbocycles. The number of sulfone groups is 1. The first-order valence-corrected chi connectivity index (χ1v) is 10.0. The first-order chi connectivity index (χ1) is 10.9. The standard InChI is InChI=1S/C18H24O4S/c1-12(2)22-15-8-6-13(7-9-15)18(19)14-10-16-4-3-5-17(11-14)23(16,20)21/h6-9,12,14,16-17H,3-5,10-11H2,1-2H3. The summed E-state index contributed by atoms with van der Waals surface area (Å²) in [4.78, 5) is 12.7. The van der Waals surface area contributed by atoms with Gasteiger partial charge in [-0.3, -0.25) is 4.79 Å². The van der Waals surface area contributed by atoms with Crippen LogP contribution in [0.3, 0.4) is 0 Å². The predicted molar refractivity (Wildman–Crippen MR) is 89.6 cm³/mol. The molecule has 0 radical (unpaired) electrons. The normalized spacial score (nSPS) is 29.3. The number of benzene rings is 1. The van der Waals surface area contributed by atoms with Gasteiger partial charge in [0.15, 0.2) is 15.6 Å². The molecule has 2 heterocycles. The third-order valence-corrected chi connectivity index (χ3v) is 7.67. The van der Waals surface area contributed by atoms with E-state index in [0.717, 1.165) is 12.2 Å². The van der Waals surface area contributed by atoms with Crippen LogP contribution < -0.4 is 4.74 Å². The van der Waals surface area contributed by atoms with Crippen LogP contribution in [-0.4, -0.2) is 30.8 Å². The number of fused-ring (bicyclic) bond motifs is 2. The third-order valence-electron chi connectivity index (χ3n) is 4.96. The summed E-state index contributed by atoms with van der Waals surface area (Å²) in [6.07, 6.45) is 3.47. The largest absolute Gasteiger partial charge is 0.491 e. The van der Waals surface area contributed by atoms with E-state index in [2.05, 4.69) is 0 Å². The summed E-state index contributed by atoms with van der Waals surface area (Å²) in [5.74, 6) is 0.665. The Bertz CT molecular complexity index is 655. The molecule has 126 valence electrons. The molecule has 5 heteroatoms. The number of carbonyl (C=O) groups is 1. The van der Waals surface area contributed by atoms with Gasteiger partial charge < -0.3 is 4.74 Å². The van der Waals surface area contributed by atoms with E-state index in [9.17, 15) is 13.2 Å². The number of rotatable bonds is 4. The van der Waals surface area contributed by atoms with Gasteiger partial charge in [-0.2, -0.15) is 0 Å². The fourth-order valence-corrected chi connectivity index (χ4v) is 6.36. The predicted octanol–water partition coefficient (Wildman–Crippen LogP) is 3.40. The van der Waals surface area contributed by atoms with Gasteiger partial charge in [0.2, 0.25) is 0 Å². The summed E-state index contributed by atoms with van der Waals surface area (Å²) in [6.45, 7) is 3.92. The van der Waals surface area contributed by atoms with Gasteiger partial charge in [-0.15, -0.1) is 0 Å². The van der Waals surface area contributed by atoms with Crippen molar-refractivity contribution in [1.82, 2.24) is 0 Å². The second kappa shape index (κ2) is 6.27. The minimum Gasteiger partial charge on any atom is -0.491 e. The van der Waals surface area contributed by atoms with Gasteiger partial charge in [-0.1, -0.05) is 6.42 Å². The lowest BCUT2D eigenvalue weighted by Gasteiger charge is -2.38. The molecular weight excluding hydrogens is 312 g/mol. The number of hydrogen-bond acceptors (Lipinski definition) is 4. The lowest BCUT2D eigenvalue weighted by atomic mass is 9.84. The molecule has 2 unspecified atom stereocenters. The van der Waals surface area contributed by atoms with Crippen LogP contribution in [0.2, 0.25) is 0 Å². The lowest BCUT2D eigenvalue weighted by molar-refractivity contribution is 0.0894. The number of ketones is 1. The highest BCUT2D eigenvalue weighted by Crippen LogP contribution is 2.40. The molecule has 4 nitrogen and oxygen atoms in total. The fourth-order valence-electron chi connectivity index (χ4n) is 3.83. The summed E-state index contributed by atoms with van der Waals surface area (Å²) in [5, 5.41) is -0.625. The van der Waals surface area contributed by atoms with Crippen molar-refractivity contribution in [3.63, 3.8) is 0 Å². The molecule has 23 heavy (non-hydrogen) atoms. The van der Waals surface area contributed by atoms with E-state index >= 15 is 0 Å². The maximum atomic E-state index is 12.7. The van der Waals surface area contributed by atoms with Gasteiger partial charge in [0.05, 0.1) is 16.6 Å². The monoisotopic (exact) mass is 336 g/mol. The summed E-state index contributed by atoms with van der Waals surface area (Å²) >= 11 is 0. The molecule has 0 spiro atoms. The van der Waals surface area contributed by atoms with E-state index in [1.165, 1.54) is 0 Å². The molecule has 0 amide bonds. The van der Waals surface area contributed by atoms with Crippen molar-refractivity contribution < 1.29 is 17.9 Å². The van der Waals surface area contributed by atoms with Crippen molar-refractivity contribution >= 4 is 15.6 Å². The second-order valence-corrected chi connectivity index (χ2v) is 9.50. The van der Waals surface area contributed by atoms with E-state index in [-0.39, 0.29) is 28.3 Å². The van der Waals surface area contributed by atoms with E-state index in [1.807, 2.05) is 26.0 Å². The number of Topliss-reactive ketones (excluding diaryl/α,β-unsaturated/α-hetero) is 1. The van der Waals surface area contributed by atoms with Gasteiger partial charge in [-0.05, 0) is 63.8 Å². The Kier molecular flexibility index (Phi) is 4.50. The van der Waals surface area contributed by atoms with Gasteiger partial charge >= 0.3 is 0 Å². The maximum Gasteiger partial charge on any atom is 0.166 e. The minimum atomic E-state index is -3.01. The van der Waals surface area contributed by atoms with E-state index in [1.54, 1.807) is 12.1 Å². The molecule has 2 aliphatic heterocycles. The van der Waals surface area contributed by atoms with Crippen molar-refractivity contribution in [1.29, 1.82) is 0 Å². The lowest BCUT2D eigenvalue weighted by Crippen LogP contribution is -2.45. The average Bonchev–Trinajstić information content (AvgIpc) is 2.45. The van der Waals surface area contributed by atoms with Crippen LogP contribution >= 0.6 is 0 Å². The van der Waals surface area contributed by atoms with Crippen LogP contribution in [-0.2, 0) is 9.84 Å². The first kappa shape index (κ1) is 16.5. The van der Waals surface area contributed by atoms with Crippen LogP contribution in [0.1, 0.15) is 56.3 Å². The SMILES string of the molecule is CC(C)Oc1ccc(C(=O)C2CC3CCCC(C2)S3(=O)=O)cc1. The Hall–Kier alpha value is -1.36. The van der Waals surface area contributed by atoms with Crippen LogP contribution in [0.4, 0.5) is 0 Å². The average molecular weight is 336 g/mol. The Morgan fingerprint density at radius 3 is 2.17 bits per heavy atom. The molecular formula is C18H24O4S. The number of carbonyl (C=O) groups excluding carboxylic acids is 1. The van der Waals surface area contributed by atoms with Gasteiger partial charge in [0.25, 0.3) is 0 Å². The minimum absolute atomic E-state index is 0.0768. The molecule has 2 saturated heterocycles. The fraction of sp³-hybridized carbons (Fsp3) is 0.611.